The lowest BCUT2D eigenvalue weighted by Crippen LogP contribution is -2.48. The minimum Gasteiger partial charge on any atom is -0.483 e. The average Bonchev–Trinajstić information content (AvgIpc) is 2.76. The Morgan fingerprint density at radius 2 is 1.72 bits per heavy atom. The van der Waals surface area contributed by atoms with E-state index in [0.29, 0.717) is 10.8 Å². The van der Waals surface area contributed by atoms with Crippen molar-refractivity contribution in [2.24, 2.45) is 0 Å². The summed E-state index contributed by atoms with van der Waals surface area (Å²) < 4.78 is 5.84. The van der Waals surface area contributed by atoms with E-state index in [9.17, 15) is 9.59 Å². The minimum absolute atomic E-state index is 0.164. The first-order chi connectivity index (χ1) is 14.0. The van der Waals surface area contributed by atoms with Gasteiger partial charge >= 0.3 is 0 Å². The lowest BCUT2D eigenvalue weighted by molar-refractivity contribution is -0.142. The summed E-state index contributed by atoms with van der Waals surface area (Å²) in [6.07, 6.45) is 0. The summed E-state index contributed by atoms with van der Waals surface area (Å²) in [5.41, 5.74) is 0.878. The topological polar surface area (TPSA) is 58.6 Å². The molecule has 3 aromatic carbocycles. The standard InChI is InChI=1S/C23H23ClN2O3/c1-16(23(28)25-2)26(14-17-10-12-19(24)13-11-17)22(27)15-29-21-9-5-7-18-6-3-4-8-20(18)21/h3-13,16H,14-15H2,1-2H3,(H,25,28)/t16-/m0/s1. The number of nitrogens with zero attached hydrogens (tertiary/aromatic N) is 1. The van der Waals surface area contributed by atoms with Crippen molar-refractivity contribution in [2.45, 2.75) is 19.5 Å². The van der Waals surface area contributed by atoms with Gasteiger partial charge in [-0.2, -0.15) is 0 Å². The molecule has 3 rings (SSSR count). The van der Waals surface area contributed by atoms with Crippen LogP contribution in [0, 0.1) is 0 Å². The Hall–Kier alpha value is -3.05. The van der Waals surface area contributed by atoms with E-state index in [4.69, 9.17) is 16.3 Å². The maximum Gasteiger partial charge on any atom is 0.261 e. The van der Waals surface area contributed by atoms with E-state index in [1.807, 2.05) is 54.6 Å². The average molecular weight is 411 g/mol. The highest BCUT2D eigenvalue weighted by atomic mass is 35.5. The van der Waals surface area contributed by atoms with Crippen LogP contribution in [-0.4, -0.2) is 36.4 Å². The van der Waals surface area contributed by atoms with Crippen LogP contribution in [0.5, 0.6) is 5.75 Å². The molecule has 3 aromatic rings. The second-order valence-electron chi connectivity index (χ2n) is 6.70. The Kier molecular flexibility index (Phi) is 6.73. The molecule has 0 heterocycles. The number of carbonyl (C=O) groups is 2. The Morgan fingerprint density at radius 1 is 1.03 bits per heavy atom. The van der Waals surface area contributed by atoms with E-state index in [2.05, 4.69) is 5.32 Å². The number of amides is 2. The van der Waals surface area contributed by atoms with Crippen LogP contribution >= 0.6 is 11.6 Å². The number of carbonyl (C=O) groups excluding carboxylic acids is 2. The molecule has 0 aromatic heterocycles. The van der Waals surface area contributed by atoms with Gasteiger partial charge in [-0.25, -0.2) is 0 Å². The monoisotopic (exact) mass is 410 g/mol. The quantitative estimate of drug-likeness (QED) is 0.639. The van der Waals surface area contributed by atoms with E-state index in [-0.39, 0.29) is 25.0 Å². The lowest BCUT2D eigenvalue weighted by atomic mass is 10.1. The molecule has 1 atom stereocenters. The van der Waals surface area contributed by atoms with Crippen molar-refractivity contribution in [3.8, 4) is 5.75 Å². The van der Waals surface area contributed by atoms with Gasteiger partial charge in [-0.3, -0.25) is 9.59 Å². The number of hydrogen-bond acceptors (Lipinski definition) is 3. The molecule has 0 fully saturated rings. The molecule has 29 heavy (non-hydrogen) atoms. The van der Waals surface area contributed by atoms with Crippen molar-refractivity contribution < 1.29 is 14.3 Å². The van der Waals surface area contributed by atoms with Crippen molar-refractivity contribution in [1.29, 1.82) is 0 Å². The van der Waals surface area contributed by atoms with Crippen molar-refractivity contribution in [3.05, 3.63) is 77.3 Å². The van der Waals surface area contributed by atoms with Crippen LogP contribution in [0.2, 0.25) is 5.02 Å². The van der Waals surface area contributed by atoms with Gasteiger partial charge in [0.15, 0.2) is 6.61 Å². The van der Waals surface area contributed by atoms with Crippen molar-refractivity contribution in [3.63, 3.8) is 0 Å². The molecule has 0 saturated carbocycles. The van der Waals surface area contributed by atoms with E-state index < -0.39 is 6.04 Å². The van der Waals surface area contributed by atoms with Gasteiger partial charge in [0, 0.05) is 24.0 Å². The van der Waals surface area contributed by atoms with E-state index in [0.717, 1.165) is 16.3 Å². The SMILES string of the molecule is CNC(=O)[C@H](C)N(Cc1ccc(Cl)cc1)C(=O)COc1cccc2ccccc12. The van der Waals surface area contributed by atoms with Gasteiger partial charge in [0.1, 0.15) is 11.8 Å². The smallest absolute Gasteiger partial charge is 0.261 e. The molecular weight excluding hydrogens is 388 g/mol. The predicted molar refractivity (Wildman–Crippen MR) is 115 cm³/mol. The number of rotatable bonds is 7. The summed E-state index contributed by atoms with van der Waals surface area (Å²) in [4.78, 5) is 26.7. The van der Waals surface area contributed by atoms with Gasteiger partial charge in [-0.05, 0) is 36.1 Å². The highest BCUT2D eigenvalue weighted by Crippen LogP contribution is 2.25. The molecule has 2 amide bonds. The molecular formula is C23H23ClN2O3. The van der Waals surface area contributed by atoms with Gasteiger partial charge in [-0.1, -0.05) is 60.1 Å². The fourth-order valence-corrected chi connectivity index (χ4v) is 3.25. The third-order valence-electron chi connectivity index (χ3n) is 4.78. The molecule has 0 aliphatic heterocycles. The van der Waals surface area contributed by atoms with Crippen molar-refractivity contribution in [2.75, 3.05) is 13.7 Å². The van der Waals surface area contributed by atoms with E-state index in [1.165, 1.54) is 4.90 Å². The summed E-state index contributed by atoms with van der Waals surface area (Å²) in [6, 6.07) is 20.1. The molecule has 150 valence electrons. The fraction of sp³-hybridized carbons (Fsp3) is 0.217. The highest BCUT2D eigenvalue weighted by molar-refractivity contribution is 6.30. The Bertz CT molecular complexity index is 999. The number of likely N-dealkylation sites (N-methyl/N-ethyl adjacent to an activating group) is 1. The normalized spacial score (nSPS) is 11.7. The molecule has 0 saturated heterocycles. The van der Waals surface area contributed by atoms with Crippen molar-refractivity contribution in [1.82, 2.24) is 10.2 Å². The second-order valence-corrected chi connectivity index (χ2v) is 7.14. The molecule has 0 spiro atoms. The number of fused-ring (bicyclic) bond motifs is 1. The molecule has 1 N–H and O–H groups in total. The molecule has 0 radical (unpaired) electrons. The van der Waals surface area contributed by atoms with Crippen LogP contribution in [0.4, 0.5) is 0 Å². The first kappa shape index (κ1) is 20.7. The number of hydrogen-bond donors (Lipinski definition) is 1. The summed E-state index contributed by atoms with van der Waals surface area (Å²) >= 11 is 5.95. The molecule has 0 unspecified atom stereocenters. The minimum atomic E-state index is -0.640. The number of ether oxygens (including phenoxy) is 1. The zero-order chi connectivity index (χ0) is 20.8. The van der Waals surface area contributed by atoms with Gasteiger partial charge in [-0.15, -0.1) is 0 Å². The van der Waals surface area contributed by atoms with E-state index in [1.54, 1.807) is 26.1 Å². The van der Waals surface area contributed by atoms with Crippen LogP contribution in [0.1, 0.15) is 12.5 Å². The maximum atomic E-state index is 13.0. The third kappa shape index (κ3) is 5.06. The molecule has 0 bridgehead atoms. The molecule has 0 aliphatic rings. The van der Waals surface area contributed by atoms with Crippen molar-refractivity contribution >= 4 is 34.2 Å². The first-order valence-corrected chi connectivity index (χ1v) is 9.73. The number of halogens is 1. The van der Waals surface area contributed by atoms with Crippen LogP contribution < -0.4 is 10.1 Å². The summed E-state index contributed by atoms with van der Waals surface area (Å²) in [6.45, 7) is 1.82. The highest BCUT2D eigenvalue weighted by Gasteiger charge is 2.26. The van der Waals surface area contributed by atoms with Gasteiger partial charge in [0.2, 0.25) is 5.91 Å². The predicted octanol–water partition coefficient (Wildman–Crippen LogP) is 4.04. The first-order valence-electron chi connectivity index (χ1n) is 9.35. The Balaban J connectivity index is 1.78. The summed E-state index contributed by atoms with van der Waals surface area (Å²) in [7, 11) is 1.55. The fourth-order valence-electron chi connectivity index (χ4n) is 3.12. The number of benzene rings is 3. The van der Waals surface area contributed by atoms with Gasteiger partial charge in [0.25, 0.3) is 5.91 Å². The molecule has 0 aliphatic carbocycles. The van der Waals surface area contributed by atoms with Crippen LogP contribution in [0.25, 0.3) is 10.8 Å². The van der Waals surface area contributed by atoms with Gasteiger partial charge < -0.3 is 15.0 Å². The summed E-state index contributed by atoms with van der Waals surface area (Å²) in [5, 5.41) is 5.19. The van der Waals surface area contributed by atoms with E-state index >= 15 is 0 Å². The number of nitrogens with one attached hydrogen (secondary N) is 1. The van der Waals surface area contributed by atoms with Crippen LogP contribution in [-0.2, 0) is 16.1 Å². The molecule has 6 heteroatoms. The van der Waals surface area contributed by atoms with Gasteiger partial charge in [0.05, 0.1) is 0 Å². The summed E-state index contributed by atoms with van der Waals surface area (Å²) in [5.74, 6) is 0.122. The Labute approximate surface area is 175 Å². The third-order valence-corrected chi connectivity index (χ3v) is 5.03. The maximum absolute atomic E-state index is 13.0. The second kappa shape index (κ2) is 9.43. The largest absolute Gasteiger partial charge is 0.483 e. The van der Waals surface area contributed by atoms with Crippen LogP contribution in [0.15, 0.2) is 66.7 Å². The zero-order valence-electron chi connectivity index (χ0n) is 16.4. The molecule has 5 nitrogen and oxygen atoms in total. The van der Waals surface area contributed by atoms with Crippen LogP contribution in [0.3, 0.4) is 0 Å². The lowest BCUT2D eigenvalue weighted by Gasteiger charge is -2.28. The Morgan fingerprint density at radius 3 is 2.45 bits per heavy atom. The zero-order valence-corrected chi connectivity index (χ0v) is 17.1.